The van der Waals surface area contributed by atoms with Gasteiger partial charge in [-0.1, -0.05) is 13.8 Å². The van der Waals surface area contributed by atoms with Crippen LogP contribution in [0.4, 0.5) is 11.8 Å². The molecule has 5 heteroatoms. The Hall–Kier alpha value is -1.36. The third kappa shape index (κ3) is 4.06. The highest BCUT2D eigenvalue weighted by Gasteiger charge is 2.17. The summed E-state index contributed by atoms with van der Waals surface area (Å²) >= 11 is 0. The van der Waals surface area contributed by atoms with Gasteiger partial charge in [0.25, 0.3) is 0 Å². The number of nitrogens with zero attached hydrogens (tertiary/aromatic N) is 4. The van der Waals surface area contributed by atoms with Gasteiger partial charge >= 0.3 is 0 Å². The molecule has 0 spiro atoms. The second kappa shape index (κ2) is 7.28. The molecule has 0 radical (unpaired) electrons. The Kier molecular flexibility index (Phi) is 5.39. The lowest BCUT2D eigenvalue weighted by Crippen LogP contribution is -2.46. The fraction of sp³-hybridized carbons (Fsp3) is 0.714. The number of hydrogen-bond acceptors (Lipinski definition) is 5. The van der Waals surface area contributed by atoms with E-state index >= 15 is 0 Å². The standard InChI is InChI=1S/C14H25N5/c1-3-6-15-14-16-7-5-13(17-14)19-11-9-18(8-4-2)10-12-19/h5,7H,3-4,6,8-12H2,1-2H3,(H,15,16,17). The Bertz CT molecular complexity index is 374. The van der Waals surface area contributed by atoms with E-state index in [0.29, 0.717) is 0 Å². The van der Waals surface area contributed by atoms with Crippen LogP contribution in [0.3, 0.4) is 0 Å². The van der Waals surface area contributed by atoms with Crippen molar-refractivity contribution < 1.29 is 0 Å². The maximum absolute atomic E-state index is 4.59. The van der Waals surface area contributed by atoms with Crippen molar-refractivity contribution in [1.29, 1.82) is 0 Å². The molecule has 1 aliphatic heterocycles. The zero-order chi connectivity index (χ0) is 13.5. The largest absolute Gasteiger partial charge is 0.354 e. The van der Waals surface area contributed by atoms with E-state index in [9.17, 15) is 0 Å². The maximum atomic E-state index is 4.59. The predicted octanol–water partition coefficient (Wildman–Crippen LogP) is 1.83. The van der Waals surface area contributed by atoms with E-state index < -0.39 is 0 Å². The second-order valence-corrected chi connectivity index (χ2v) is 4.99. The molecule has 1 aromatic rings. The van der Waals surface area contributed by atoms with Gasteiger partial charge in [-0.25, -0.2) is 4.98 Å². The molecule has 0 unspecified atom stereocenters. The van der Waals surface area contributed by atoms with E-state index in [1.54, 1.807) is 0 Å². The zero-order valence-corrected chi connectivity index (χ0v) is 12.1. The smallest absolute Gasteiger partial charge is 0.224 e. The van der Waals surface area contributed by atoms with Crippen molar-refractivity contribution >= 4 is 11.8 Å². The van der Waals surface area contributed by atoms with Crippen LogP contribution in [-0.4, -0.2) is 54.1 Å². The van der Waals surface area contributed by atoms with E-state index in [4.69, 9.17) is 0 Å². The quantitative estimate of drug-likeness (QED) is 0.848. The second-order valence-electron chi connectivity index (χ2n) is 4.99. The van der Waals surface area contributed by atoms with Gasteiger partial charge < -0.3 is 10.2 Å². The Labute approximate surface area is 116 Å². The Morgan fingerprint density at radius 3 is 2.63 bits per heavy atom. The van der Waals surface area contributed by atoms with Gasteiger partial charge in [-0.05, 0) is 25.5 Å². The van der Waals surface area contributed by atoms with Crippen LogP contribution in [0.1, 0.15) is 26.7 Å². The van der Waals surface area contributed by atoms with Crippen molar-refractivity contribution in [1.82, 2.24) is 14.9 Å². The lowest BCUT2D eigenvalue weighted by atomic mass is 10.3. The van der Waals surface area contributed by atoms with Crippen molar-refractivity contribution in [3.8, 4) is 0 Å². The van der Waals surface area contributed by atoms with E-state index in [1.807, 2.05) is 12.3 Å². The molecule has 1 fully saturated rings. The van der Waals surface area contributed by atoms with Gasteiger partial charge in [-0.3, -0.25) is 4.90 Å². The van der Waals surface area contributed by atoms with Crippen LogP contribution in [0.5, 0.6) is 0 Å². The van der Waals surface area contributed by atoms with Crippen LogP contribution in [0, 0.1) is 0 Å². The third-order valence-corrected chi connectivity index (χ3v) is 3.41. The molecule has 2 heterocycles. The summed E-state index contributed by atoms with van der Waals surface area (Å²) in [5.74, 6) is 1.79. The number of rotatable bonds is 6. The Balaban J connectivity index is 1.91. The number of aromatic nitrogens is 2. The highest BCUT2D eigenvalue weighted by atomic mass is 15.3. The summed E-state index contributed by atoms with van der Waals surface area (Å²) in [6, 6.07) is 2.01. The lowest BCUT2D eigenvalue weighted by Gasteiger charge is -2.35. The monoisotopic (exact) mass is 263 g/mol. The molecular formula is C14H25N5. The molecule has 106 valence electrons. The van der Waals surface area contributed by atoms with Crippen LogP contribution in [-0.2, 0) is 0 Å². The van der Waals surface area contributed by atoms with Gasteiger partial charge in [0.1, 0.15) is 5.82 Å². The van der Waals surface area contributed by atoms with E-state index in [0.717, 1.165) is 50.9 Å². The number of piperazine rings is 1. The number of hydrogen-bond donors (Lipinski definition) is 1. The van der Waals surface area contributed by atoms with Crippen molar-refractivity contribution in [3.63, 3.8) is 0 Å². The summed E-state index contributed by atoms with van der Waals surface area (Å²) in [7, 11) is 0. The number of anilines is 2. The fourth-order valence-electron chi connectivity index (χ4n) is 2.36. The van der Waals surface area contributed by atoms with E-state index in [-0.39, 0.29) is 0 Å². The highest BCUT2D eigenvalue weighted by molar-refractivity contribution is 5.42. The molecule has 2 rings (SSSR count). The molecule has 0 aliphatic carbocycles. The summed E-state index contributed by atoms with van der Waals surface area (Å²) in [5.41, 5.74) is 0. The van der Waals surface area contributed by atoms with Gasteiger partial charge in [0, 0.05) is 38.9 Å². The summed E-state index contributed by atoms with van der Waals surface area (Å²) in [4.78, 5) is 13.7. The minimum atomic E-state index is 0.746. The molecular weight excluding hydrogens is 238 g/mol. The third-order valence-electron chi connectivity index (χ3n) is 3.41. The molecule has 1 N–H and O–H groups in total. The first-order chi connectivity index (χ1) is 9.33. The van der Waals surface area contributed by atoms with Gasteiger partial charge in [-0.15, -0.1) is 0 Å². The van der Waals surface area contributed by atoms with Crippen LogP contribution < -0.4 is 10.2 Å². The molecule has 0 bridgehead atoms. The minimum absolute atomic E-state index is 0.746. The molecule has 19 heavy (non-hydrogen) atoms. The molecule has 0 atom stereocenters. The van der Waals surface area contributed by atoms with Gasteiger partial charge in [0.05, 0.1) is 0 Å². The molecule has 0 aromatic carbocycles. The van der Waals surface area contributed by atoms with E-state index in [1.165, 1.54) is 13.0 Å². The SMILES string of the molecule is CCCNc1nccc(N2CCN(CCC)CC2)n1. The average molecular weight is 263 g/mol. The number of nitrogens with one attached hydrogen (secondary N) is 1. The van der Waals surface area contributed by atoms with Crippen LogP contribution in [0.15, 0.2) is 12.3 Å². The van der Waals surface area contributed by atoms with Crippen LogP contribution in [0.2, 0.25) is 0 Å². The maximum Gasteiger partial charge on any atom is 0.224 e. The minimum Gasteiger partial charge on any atom is -0.354 e. The highest BCUT2D eigenvalue weighted by Crippen LogP contribution is 2.14. The average Bonchev–Trinajstić information content (AvgIpc) is 2.46. The van der Waals surface area contributed by atoms with Crippen molar-refractivity contribution in [3.05, 3.63) is 12.3 Å². The summed E-state index contributed by atoms with van der Waals surface area (Å²) < 4.78 is 0. The van der Waals surface area contributed by atoms with Crippen molar-refractivity contribution in [2.45, 2.75) is 26.7 Å². The van der Waals surface area contributed by atoms with Crippen molar-refractivity contribution in [2.24, 2.45) is 0 Å². The molecule has 0 amide bonds. The normalized spacial score (nSPS) is 16.6. The van der Waals surface area contributed by atoms with Crippen molar-refractivity contribution in [2.75, 3.05) is 49.5 Å². The van der Waals surface area contributed by atoms with Crippen LogP contribution in [0.25, 0.3) is 0 Å². The Morgan fingerprint density at radius 1 is 1.16 bits per heavy atom. The summed E-state index contributed by atoms with van der Waals surface area (Å²) in [5, 5.41) is 3.24. The first-order valence-corrected chi connectivity index (χ1v) is 7.37. The first kappa shape index (κ1) is 14.1. The molecule has 1 aliphatic rings. The summed E-state index contributed by atoms with van der Waals surface area (Å²) in [6.07, 6.45) is 4.17. The first-order valence-electron chi connectivity index (χ1n) is 7.37. The molecule has 5 nitrogen and oxygen atoms in total. The summed E-state index contributed by atoms with van der Waals surface area (Å²) in [6.45, 7) is 10.9. The molecule has 1 aromatic heterocycles. The van der Waals surface area contributed by atoms with Gasteiger partial charge in [0.2, 0.25) is 5.95 Å². The lowest BCUT2D eigenvalue weighted by molar-refractivity contribution is 0.258. The predicted molar refractivity (Wildman–Crippen MR) is 79.8 cm³/mol. The van der Waals surface area contributed by atoms with Gasteiger partial charge in [0.15, 0.2) is 0 Å². The molecule has 0 saturated carbocycles. The molecule has 1 saturated heterocycles. The topological polar surface area (TPSA) is 44.3 Å². The van der Waals surface area contributed by atoms with E-state index in [2.05, 4.69) is 38.9 Å². The zero-order valence-electron chi connectivity index (χ0n) is 12.1. The van der Waals surface area contributed by atoms with Crippen LogP contribution >= 0.6 is 0 Å². The Morgan fingerprint density at radius 2 is 1.95 bits per heavy atom. The van der Waals surface area contributed by atoms with Gasteiger partial charge in [-0.2, -0.15) is 4.98 Å². The fourth-order valence-corrected chi connectivity index (χ4v) is 2.36.